The number of benzene rings is 2. The lowest BCUT2D eigenvalue weighted by Gasteiger charge is -2.31. The van der Waals surface area contributed by atoms with Crippen molar-refractivity contribution in [3.05, 3.63) is 57.7 Å². The van der Waals surface area contributed by atoms with Crippen molar-refractivity contribution in [1.82, 2.24) is 9.29 Å². The summed E-state index contributed by atoms with van der Waals surface area (Å²) in [6, 6.07) is 9.55. The monoisotopic (exact) mass is 443 g/mol. The highest BCUT2D eigenvalue weighted by molar-refractivity contribution is 7.90. The smallest absolute Gasteiger partial charge is 0.268 e. The normalized spacial score (nSPS) is 15.4. The van der Waals surface area contributed by atoms with Crippen molar-refractivity contribution in [3.8, 4) is 0 Å². The molecule has 5 nitrogen and oxygen atoms in total. The van der Waals surface area contributed by atoms with Crippen LogP contribution in [0.1, 0.15) is 0 Å². The van der Waals surface area contributed by atoms with Gasteiger partial charge in [-0.05, 0) is 30.3 Å². The average molecular weight is 445 g/mol. The van der Waals surface area contributed by atoms with Crippen LogP contribution in [0.3, 0.4) is 0 Å². The number of aromatic nitrogens is 1. The summed E-state index contributed by atoms with van der Waals surface area (Å²) in [6.45, 7) is 3.18. The summed E-state index contributed by atoms with van der Waals surface area (Å²) in [7, 11) is -3.85. The molecule has 9 heteroatoms. The third-order valence-corrected chi connectivity index (χ3v) is 7.10. The van der Waals surface area contributed by atoms with Crippen molar-refractivity contribution in [3.63, 3.8) is 0 Å². The van der Waals surface area contributed by atoms with Crippen LogP contribution in [-0.4, -0.2) is 38.6 Å². The molecule has 1 aliphatic rings. The molecule has 1 saturated heterocycles. The van der Waals surface area contributed by atoms with E-state index < -0.39 is 10.0 Å². The molecule has 0 saturated carbocycles. The molecule has 0 spiro atoms. The summed E-state index contributed by atoms with van der Waals surface area (Å²) in [4.78, 5) is 2.23. The molecule has 0 unspecified atom stereocenters. The molecular weight excluding hydrogens is 429 g/mol. The van der Waals surface area contributed by atoms with Crippen molar-refractivity contribution in [2.45, 2.75) is 4.90 Å². The third kappa shape index (κ3) is 3.30. The number of fused-ring (bicyclic) bond motifs is 1. The fourth-order valence-electron chi connectivity index (χ4n) is 3.35. The number of hydrogen-bond acceptors (Lipinski definition) is 4. The lowest BCUT2D eigenvalue weighted by atomic mass is 10.2. The van der Waals surface area contributed by atoms with Gasteiger partial charge < -0.3 is 10.2 Å². The van der Waals surface area contributed by atoms with E-state index in [-0.39, 0.29) is 4.90 Å². The molecule has 1 N–H and O–H groups in total. The first-order valence-electron chi connectivity index (χ1n) is 8.35. The highest BCUT2D eigenvalue weighted by Gasteiger charge is 2.25. The van der Waals surface area contributed by atoms with E-state index in [9.17, 15) is 8.42 Å². The van der Waals surface area contributed by atoms with Crippen molar-refractivity contribution in [2.24, 2.45) is 0 Å². The predicted molar refractivity (Wildman–Crippen MR) is 111 cm³/mol. The molecule has 1 aliphatic heterocycles. The maximum absolute atomic E-state index is 13.2. The Labute approximate surface area is 172 Å². The number of anilines is 1. The van der Waals surface area contributed by atoms with Crippen molar-refractivity contribution in [1.29, 1.82) is 0 Å². The van der Waals surface area contributed by atoms with Crippen LogP contribution in [0.2, 0.25) is 15.1 Å². The zero-order valence-corrected chi connectivity index (χ0v) is 17.2. The maximum atomic E-state index is 13.2. The lowest BCUT2D eigenvalue weighted by molar-refractivity contribution is 0.588. The minimum Gasteiger partial charge on any atom is -0.367 e. The van der Waals surface area contributed by atoms with Crippen LogP contribution in [-0.2, 0) is 10.0 Å². The molecule has 27 heavy (non-hydrogen) atoms. The quantitative estimate of drug-likeness (QED) is 0.656. The first kappa shape index (κ1) is 18.9. The Morgan fingerprint density at radius 2 is 1.70 bits per heavy atom. The zero-order valence-electron chi connectivity index (χ0n) is 14.1. The minimum atomic E-state index is -3.85. The highest BCUT2D eigenvalue weighted by atomic mass is 35.5. The van der Waals surface area contributed by atoms with E-state index in [0.29, 0.717) is 26.0 Å². The van der Waals surface area contributed by atoms with Gasteiger partial charge in [0.2, 0.25) is 0 Å². The van der Waals surface area contributed by atoms with Crippen LogP contribution in [0.5, 0.6) is 0 Å². The standard InChI is InChI=1S/C18H16Cl3N3O2S/c19-12-2-1-3-13(10-12)27(25,26)24-11-15(21)17-16(24)5-4-14(20)18(17)23-8-6-22-7-9-23/h1-5,10-11,22H,6-9H2. The van der Waals surface area contributed by atoms with Gasteiger partial charge in [-0.2, -0.15) is 0 Å². The van der Waals surface area contributed by atoms with Crippen LogP contribution in [0, 0.1) is 0 Å². The van der Waals surface area contributed by atoms with Crippen molar-refractivity contribution in [2.75, 3.05) is 31.1 Å². The molecule has 142 valence electrons. The summed E-state index contributed by atoms with van der Waals surface area (Å²) >= 11 is 18.9. The Morgan fingerprint density at radius 1 is 0.963 bits per heavy atom. The Balaban J connectivity index is 1.94. The minimum absolute atomic E-state index is 0.0993. The van der Waals surface area contributed by atoms with Gasteiger partial charge in [-0.25, -0.2) is 12.4 Å². The first-order valence-corrected chi connectivity index (χ1v) is 10.9. The third-order valence-electron chi connectivity index (χ3n) is 4.60. The summed E-state index contributed by atoms with van der Waals surface area (Å²) in [5.74, 6) is 0. The fourth-order valence-corrected chi connectivity index (χ4v) is 5.63. The van der Waals surface area contributed by atoms with Crippen LogP contribution >= 0.6 is 34.8 Å². The van der Waals surface area contributed by atoms with Crippen molar-refractivity contribution < 1.29 is 8.42 Å². The second-order valence-electron chi connectivity index (χ2n) is 6.26. The van der Waals surface area contributed by atoms with Gasteiger partial charge >= 0.3 is 0 Å². The van der Waals surface area contributed by atoms with E-state index in [2.05, 4.69) is 10.2 Å². The number of nitrogens with zero attached hydrogens (tertiary/aromatic N) is 2. The van der Waals surface area contributed by atoms with Gasteiger partial charge in [0.15, 0.2) is 0 Å². The highest BCUT2D eigenvalue weighted by Crippen LogP contribution is 2.41. The molecule has 0 amide bonds. The molecule has 0 aliphatic carbocycles. The van der Waals surface area contributed by atoms with Gasteiger partial charge in [-0.1, -0.05) is 40.9 Å². The molecular formula is C18H16Cl3N3O2S. The molecule has 2 heterocycles. The Kier molecular flexibility index (Phi) is 5.03. The Morgan fingerprint density at radius 3 is 2.41 bits per heavy atom. The average Bonchev–Trinajstić information content (AvgIpc) is 3.00. The Bertz CT molecular complexity index is 1120. The van der Waals surface area contributed by atoms with Gasteiger partial charge in [-0.15, -0.1) is 0 Å². The second-order valence-corrected chi connectivity index (χ2v) is 9.33. The number of hydrogen-bond donors (Lipinski definition) is 1. The predicted octanol–water partition coefficient (Wildman–Crippen LogP) is 4.25. The number of piperazine rings is 1. The summed E-state index contributed by atoms with van der Waals surface area (Å²) in [6.07, 6.45) is 1.42. The maximum Gasteiger partial charge on any atom is 0.268 e. The largest absolute Gasteiger partial charge is 0.367 e. The molecule has 0 radical (unpaired) electrons. The van der Waals surface area contributed by atoms with E-state index in [0.717, 1.165) is 31.9 Å². The van der Waals surface area contributed by atoms with E-state index in [4.69, 9.17) is 34.8 Å². The number of nitrogens with one attached hydrogen (secondary N) is 1. The van der Waals surface area contributed by atoms with Gasteiger partial charge in [0, 0.05) is 42.8 Å². The summed E-state index contributed by atoms with van der Waals surface area (Å²) < 4.78 is 27.5. The van der Waals surface area contributed by atoms with Gasteiger partial charge in [0.05, 0.1) is 26.1 Å². The van der Waals surface area contributed by atoms with Crippen LogP contribution in [0.25, 0.3) is 10.9 Å². The number of rotatable bonds is 3. The van der Waals surface area contributed by atoms with E-state index >= 15 is 0 Å². The van der Waals surface area contributed by atoms with Gasteiger partial charge in [-0.3, -0.25) is 0 Å². The molecule has 4 rings (SSSR count). The van der Waals surface area contributed by atoms with Crippen LogP contribution in [0.15, 0.2) is 47.5 Å². The van der Waals surface area contributed by atoms with Crippen LogP contribution < -0.4 is 10.2 Å². The summed E-state index contributed by atoms with van der Waals surface area (Å²) in [5.41, 5.74) is 1.25. The molecule has 1 fully saturated rings. The molecule has 2 aromatic carbocycles. The van der Waals surface area contributed by atoms with Crippen LogP contribution in [0.4, 0.5) is 5.69 Å². The molecule has 0 bridgehead atoms. The topological polar surface area (TPSA) is 54.3 Å². The second kappa shape index (κ2) is 7.18. The van der Waals surface area contributed by atoms with Crippen molar-refractivity contribution >= 4 is 61.4 Å². The molecule has 0 atom stereocenters. The lowest BCUT2D eigenvalue weighted by Crippen LogP contribution is -2.43. The van der Waals surface area contributed by atoms with E-state index in [1.807, 2.05) is 0 Å². The number of halogens is 3. The summed E-state index contributed by atoms with van der Waals surface area (Å²) in [5, 5.41) is 5.16. The SMILES string of the molecule is O=S(=O)(c1cccc(Cl)c1)n1cc(Cl)c2c(N3CCNCC3)c(Cl)ccc21. The fraction of sp³-hybridized carbons (Fsp3) is 0.222. The Hall–Kier alpha value is -1.44. The van der Waals surface area contributed by atoms with Gasteiger partial charge in [0.25, 0.3) is 10.0 Å². The van der Waals surface area contributed by atoms with E-state index in [1.54, 1.807) is 24.3 Å². The van der Waals surface area contributed by atoms with Gasteiger partial charge in [0.1, 0.15) is 0 Å². The molecule has 1 aromatic heterocycles. The molecule has 3 aromatic rings. The zero-order chi connectivity index (χ0) is 19.2. The first-order chi connectivity index (χ1) is 12.9. The van der Waals surface area contributed by atoms with E-state index in [1.165, 1.54) is 22.3 Å².